The highest BCUT2D eigenvalue weighted by atomic mass is 16.4. The topological polar surface area (TPSA) is 92.4 Å². The van der Waals surface area contributed by atoms with E-state index in [-0.39, 0.29) is 17.7 Å². The van der Waals surface area contributed by atoms with Crippen molar-refractivity contribution in [3.05, 3.63) is 29.0 Å². The first-order valence-electron chi connectivity index (χ1n) is 5.02. The molecule has 0 spiro atoms. The minimum Gasteiger partial charge on any atom is -0.478 e. The summed E-state index contributed by atoms with van der Waals surface area (Å²) in [5, 5.41) is 11.3. The van der Waals surface area contributed by atoms with Gasteiger partial charge >= 0.3 is 5.97 Å². The Morgan fingerprint density at radius 3 is 2.53 bits per heavy atom. The van der Waals surface area contributed by atoms with Crippen molar-refractivity contribution >= 4 is 11.9 Å². The zero-order valence-corrected chi connectivity index (χ0v) is 9.90. The predicted octanol–water partition coefficient (Wildman–Crippen LogP) is 1.02. The van der Waals surface area contributed by atoms with Crippen molar-refractivity contribution in [2.75, 3.05) is 0 Å². The average molecular weight is 238 g/mol. The maximum Gasteiger partial charge on any atom is 0.331 e. The molecule has 1 aromatic heterocycles. The molecule has 1 heterocycles. The number of carboxylic acid groups (broad SMARTS) is 1. The van der Waals surface area contributed by atoms with Crippen LogP contribution >= 0.6 is 0 Å². The van der Waals surface area contributed by atoms with Crippen LogP contribution in [0.25, 0.3) is 0 Å². The number of carbonyl (C=O) groups excluding carboxylic acids is 1. The Kier molecular flexibility index (Phi) is 4.03. The predicted molar refractivity (Wildman–Crippen MR) is 59.1 cm³/mol. The number of oxazole rings is 1. The van der Waals surface area contributed by atoms with Gasteiger partial charge in [-0.05, 0) is 20.8 Å². The van der Waals surface area contributed by atoms with Gasteiger partial charge in [-0.3, -0.25) is 4.79 Å². The standard InChI is InChI=1S/C11H14N2O4/c1-6-4-12-9(17-6)5-13-10(14)7(2)8(3)11(15)16/h4H,5H2,1-3H3,(H,13,14)(H,15,16)/b8-7+. The SMILES string of the molecule is C/C(C(=O)O)=C(/C)C(=O)NCc1ncc(C)o1. The normalized spacial score (nSPS) is 11.9. The maximum atomic E-state index is 11.6. The third-order valence-corrected chi connectivity index (χ3v) is 2.29. The lowest BCUT2D eigenvalue weighted by molar-refractivity contribution is -0.133. The van der Waals surface area contributed by atoms with E-state index < -0.39 is 11.9 Å². The van der Waals surface area contributed by atoms with Crippen LogP contribution in [0.2, 0.25) is 0 Å². The van der Waals surface area contributed by atoms with E-state index in [1.807, 2.05) is 0 Å². The second kappa shape index (κ2) is 5.29. The number of carbonyl (C=O) groups is 2. The van der Waals surface area contributed by atoms with Crippen molar-refractivity contribution in [1.82, 2.24) is 10.3 Å². The average Bonchev–Trinajstić information content (AvgIpc) is 2.69. The molecule has 0 aliphatic heterocycles. The number of aromatic nitrogens is 1. The van der Waals surface area contributed by atoms with Crippen molar-refractivity contribution in [3.63, 3.8) is 0 Å². The van der Waals surface area contributed by atoms with Gasteiger partial charge < -0.3 is 14.8 Å². The number of aryl methyl sites for hydroxylation is 1. The molecule has 6 heteroatoms. The number of rotatable bonds is 4. The van der Waals surface area contributed by atoms with Crippen molar-refractivity contribution in [2.24, 2.45) is 0 Å². The van der Waals surface area contributed by atoms with Gasteiger partial charge in [0.05, 0.1) is 12.7 Å². The third kappa shape index (κ3) is 3.44. The lowest BCUT2D eigenvalue weighted by Crippen LogP contribution is -2.25. The maximum absolute atomic E-state index is 11.6. The van der Waals surface area contributed by atoms with Gasteiger partial charge in [-0.1, -0.05) is 0 Å². The molecule has 0 aliphatic rings. The van der Waals surface area contributed by atoms with Crippen LogP contribution in [0, 0.1) is 6.92 Å². The Morgan fingerprint density at radius 1 is 1.41 bits per heavy atom. The summed E-state index contributed by atoms with van der Waals surface area (Å²) in [4.78, 5) is 26.1. The molecule has 0 saturated carbocycles. The second-order valence-corrected chi connectivity index (χ2v) is 3.60. The minimum atomic E-state index is -1.11. The highest BCUT2D eigenvalue weighted by Crippen LogP contribution is 2.05. The Hall–Kier alpha value is -2.11. The number of hydrogen-bond donors (Lipinski definition) is 2. The Labute approximate surface area is 98.3 Å². The Bertz CT molecular complexity index is 474. The molecule has 1 aromatic rings. The van der Waals surface area contributed by atoms with Crippen LogP contribution in [0.5, 0.6) is 0 Å². The Balaban J connectivity index is 2.62. The van der Waals surface area contributed by atoms with E-state index in [0.29, 0.717) is 11.7 Å². The molecule has 0 aromatic carbocycles. The van der Waals surface area contributed by atoms with Crippen molar-refractivity contribution in [1.29, 1.82) is 0 Å². The van der Waals surface area contributed by atoms with Gasteiger partial charge in [0.2, 0.25) is 11.8 Å². The summed E-state index contributed by atoms with van der Waals surface area (Å²) < 4.78 is 5.16. The fourth-order valence-corrected chi connectivity index (χ4v) is 1.10. The van der Waals surface area contributed by atoms with Crippen LogP contribution in [0.1, 0.15) is 25.5 Å². The zero-order valence-electron chi connectivity index (χ0n) is 9.90. The first-order valence-corrected chi connectivity index (χ1v) is 5.02. The fourth-order valence-electron chi connectivity index (χ4n) is 1.10. The van der Waals surface area contributed by atoms with Crippen molar-refractivity contribution in [3.8, 4) is 0 Å². The first kappa shape index (κ1) is 13.0. The summed E-state index contributed by atoms with van der Waals surface area (Å²) in [6.45, 7) is 4.72. The van der Waals surface area contributed by atoms with Gasteiger partial charge in [-0.15, -0.1) is 0 Å². The van der Waals surface area contributed by atoms with Crippen LogP contribution in [-0.4, -0.2) is 22.0 Å². The molecular formula is C11H14N2O4. The molecule has 0 saturated heterocycles. The number of nitrogens with one attached hydrogen (secondary N) is 1. The minimum absolute atomic E-state index is 0.0195. The summed E-state index contributed by atoms with van der Waals surface area (Å²) in [6.07, 6.45) is 1.55. The van der Waals surface area contributed by atoms with Gasteiger partial charge in [0.1, 0.15) is 5.76 Å². The van der Waals surface area contributed by atoms with Gasteiger partial charge in [0.25, 0.3) is 0 Å². The second-order valence-electron chi connectivity index (χ2n) is 3.60. The lowest BCUT2D eigenvalue weighted by Gasteiger charge is -2.04. The van der Waals surface area contributed by atoms with Crippen LogP contribution in [0.4, 0.5) is 0 Å². The number of amides is 1. The highest BCUT2D eigenvalue weighted by molar-refractivity contribution is 6.01. The van der Waals surface area contributed by atoms with E-state index in [4.69, 9.17) is 9.52 Å². The summed E-state index contributed by atoms with van der Waals surface area (Å²) in [5.41, 5.74) is 0.187. The zero-order chi connectivity index (χ0) is 13.0. The van der Waals surface area contributed by atoms with Crippen molar-refractivity contribution in [2.45, 2.75) is 27.3 Å². The largest absolute Gasteiger partial charge is 0.478 e. The quantitative estimate of drug-likeness (QED) is 0.764. The molecule has 0 unspecified atom stereocenters. The van der Waals surface area contributed by atoms with Gasteiger partial charge in [-0.25, -0.2) is 9.78 Å². The smallest absolute Gasteiger partial charge is 0.331 e. The monoisotopic (exact) mass is 238 g/mol. The third-order valence-electron chi connectivity index (χ3n) is 2.29. The number of carboxylic acids is 1. The van der Waals surface area contributed by atoms with Crippen molar-refractivity contribution < 1.29 is 19.1 Å². The fraction of sp³-hybridized carbons (Fsp3) is 0.364. The molecule has 17 heavy (non-hydrogen) atoms. The molecule has 6 nitrogen and oxygen atoms in total. The molecule has 1 amide bonds. The summed E-state index contributed by atoms with van der Waals surface area (Å²) in [6, 6.07) is 0. The van der Waals surface area contributed by atoms with E-state index in [1.54, 1.807) is 13.1 Å². The number of nitrogens with zero attached hydrogens (tertiary/aromatic N) is 1. The summed E-state index contributed by atoms with van der Waals surface area (Å²) >= 11 is 0. The van der Waals surface area contributed by atoms with Crippen LogP contribution in [-0.2, 0) is 16.1 Å². The van der Waals surface area contributed by atoms with Gasteiger partial charge in [0, 0.05) is 11.1 Å². The highest BCUT2D eigenvalue weighted by Gasteiger charge is 2.13. The molecule has 0 fully saturated rings. The Morgan fingerprint density at radius 2 is 2.06 bits per heavy atom. The van der Waals surface area contributed by atoms with Gasteiger partial charge in [-0.2, -0.15) is 0 Å². The van der Waals surface area contributed by atoms with Crippen LogP contribution in [0.3, 0.4) is 0 Å². The molecule has 1 rings (SSSR count). The van der Waals surface area contributed by atoms with E-state index in [0.717, 1.165) is 0 Å². The molecule has 0 atom stereocenters. The van der Waals surface area contributed by atoms with E-state index in [1.165, 1.54) is 13.8 Å². The van der Waals surface area contributed by atoms with Crippen LogP contribution < -0.4 is 5.32 Å². The van der Waals surface area contributed by atoms with E-state index in [9.17, 15) is 9.59 Å². The molecule has 0 bridgehead atoms. The van der Waals surface area contributed by atoms with E-state index >= 15 is 0 Å². The molecule has 92 valence electrons. The molecular weight excluding hydrogens is 224 g/mol. The lowest BCUT2D eigenvalue weighted by atomic mass is 10.1. The van der Waals surface area contributed by atoms with Crippen LogP contribution in [0.15, 0.2) is 21.8 Å². The molecule has 0 radical (unpaired) electrons. The molecule has 2 N–H and O–H groups in total. The number of aliphatic carboxylic acids is 1. The summed E-state index contributed by atoms with van der Waals surface area (Å²) in [5.74, 6) is -0.509. The first-order chi connectivity index (χ1) is 7.91. The van der Waals surface area contributed by atoms with Gasteiger partial charge in [0.15, 0.2) is 0 Å². The number of hydrogen-bond acceptors (Lipinski definition) is 4. The molecule has 0 aliphatic carbocycles. The summed E-state index contributed by atoms with van der Waals surface area (Å²) in [7, 11) is 0. The van der Waals surface area contributed by atoms with E-state index in [2.05, 4.69) is 10.3 Å².